The third-order valence-corrected chi connectivity index (χ3v) is 1.11. The van der Waals surface area contributed by atoms with E-state index in [2.05, 4.69) is 5.92 Å². The molecule has 0 spiro atoms. The molecule has 0 radical (unpaired) electrons. The lowest BCUT2D eigenvalue weighted by atomic mass is 10.4. The van der Waals surface area contributed by atoms with Crippen molar-refractivity contribution < 1.29 is 0 Å². The molecule has 0 aliphatic heterocycles. The van der Waals surface area contributed by atoms with Crippen molar-refractivity contribution in [1.82, 2.24) is 9.80 Å². The van der Waals surface area contributed by atoms with Crippen LogP contribution in [-0.2, 0) is 0 Å². The predicted molar refractivity (Wildman–Crippen MR) is 38.3 cm³/mol. The highest BCUT2D eigenvalue weighted by atomic mass is 15.3. The van der Waals surface area contributed by atoms with Crippen LogP contribution in [0.3, 0.4) is 0 Å². The molecule has 0 amide bonds. The topological polar surface area (TPSA) is 6.48 Å². The summed E-state index contributed by atoms with van der Waals surface area (Å²) in [6.07, 6.45) is 6.89. The van der Waals surface area contributed by atoms with Crippen molar-refractivity contribution in [3.05, 3.63) is 6.42 Å². The molecule has 9 heavy (non-hydrogen) atoms. The fraction of sp³-hybridized carbons (Fsp3) is 0.714. The van der Waals surface area contributed by atoms with E-state index < -0.39 is 0 Å². The number of hydrogen-bond donors (Lipinski definition) is 0. The van der Waals surface area contributed by atoms with Crippen LogP contribution in [0.5, 0.6) is 0 Å². The minimum Gasteiger partial charge on any atom is -0.691 e. The molecular formula is C7H13N2-. The van der Waals surface area contributed by atoms with Gasteiger partial charge in [0.25, 0.3) is 0 Å². The summed E-state index contributed by atoms with van der Waals surface area (Å²) in [4.78, 5) is 3.85. The fourth-order valence-corrected chi connectivity index (χ4v) is 0.720. The van der Waals surface area contributed by atoms with Crippen LogP contribution in [-0.4, -0.2) is 44.2 Å². The van der Waals surface area contributed by atoms with E-state index in [1.165, 1.54) is 0 Å². The Morgan fingerprint density at radius 2 is 1.44 bits per heavy atom. The maximum absolute atomic E-state index is 6.89. The third-order valence-electron chi connectivity index (χ3n) is 1.11. The molecule has 0 aliphatic rings. The zero-order chi connectivity index (χ0) is 7.44. The van der Waals surface area contributed by atoms with Crippen molar-refractivity contribution in [2.45, 2.75) is 6.17 Å². The Bertz CT molecular complexity index is 103. The summed E-state index contributed by atoms with van der Waals surface area (Å²) in [7, 11) is 7.69. The van der Waals surface area contributed by atoms with Gasteiger partial charge in [-0.2, -0.15) is 0 Å². The molecule has 2 nitrogen and oxygen atoms in total. The molecule has 0 aliphatic carbocycles. The van der Waals surface area contributed by atoms with E-state index in [1.807, 2.05) is 38.0 Å². The van der Waals surface area contributed by atoms with Crippen molar-refractivity contribution in [2.24, 2.45) is 0 Å². The second kappa shape index (κ2) is 3.49. The normalized spacial score (nSPS) is 10.9. The van der Waals surface area contributed by atoms with Crippen LogP contribution in [0, 0.1) is 12.3 Å². The van der Waals surface area contributed by atoms with Gasteiger partial charge >= 0.3 is 0 Å². The minimum absolute atomic E-state index is 0.00463. The molecule has 0 heterocycles. The van der Waals surface area contributed by atoms with Crippen molar-refractivity contribution in [3.8, 4) is 5.92 Å². The summed E-state index contributed by atoms with van der Waals surface area (Å²) in [5.41, 5.74) is 0. The second-order valence-corrected chi connectivity index (χ2v) is 2.45. The summed E-state index contributed by atoms with van der Waals surface area (Å²) < 4.78 is 0. The van der Waals surface area contributed by atoms with E-state index in [0.29, 0.717) is 0 Å². The molecule has 0 unspecified atom stereocenters. The first-order valence-corrected chi connectivity index (χ1v) is 2.84. The van der Waals surface area contributed by atoms with Gasteiger partial charge in [0, 0.05) is 0 Å². The van der Waals surface area contributed by atoms with Gasteiger partial charge in [0.05, 0.1) is 6.17 Å². The van der Waals surface area contributed by atoms with Crippen LogP contribution in [0.4, 0.5) is 0 Å². The van der Waals surface area contributed by atoms with E-state index in [9.17, 15) is 0 Å². The zero-order valence-corrected chi connectivity index (χ0v) is 6.47. The molecule has 0 rings (SSSR count). The van der Waals surface area contributed by atoms with Crippen LogP contribution in [0.2, 0.25) is 0 Å². The monoisotopic (exact) mass is 125 g/mol. The van der Waals surface area contributed by atoms with Gasteiger partial charge in [0.1, 0.15) is 0 Å². The van der Waals surface area contributed by atoms with Gasteiger partial charge in [0.2, 0.25) is 0 Å². The number of rotatable bonds is 2. The lowest BCUT2D eigenvalue weighted by molar-refractivity contribution is 0.182. The Labute approximate surface area is 57.4 Å². The summed E-state index contributed by atoms with van der Waals surface area (Å²) in [6, 6.07) is 0. The van der Waals surface area contributed by atoms with Crippen molar-refractivity contribution in [1.29, 1.82) is 0 Å². The van der Waals surface area contributed by atoms with Gasteiger partial charge in [0.15, 0.2) is 0 Å². The lowest BCUT2D eigenvalue weighted by Crippen LogP contribution is -2.38. The molecule has 0 bridgehead atoms. The summed E-state index contributed by atoms with van der Waals surface area (Å²) in [5, 5.41) is 0. The van der Waals surface area contributed by atoms with Crippen molar-refractivity contribution in [2.75, 3.05) is 28.2 Å². The molecule has 0 saturated carbocycles. The standard InChI is InChI=1S/C7H13N2/c1-6-7(8(2)3)9(4)5/h7H,2-5H3/q-1. The van der Waals surface area contributed by atoms with Gasteiger partial charge in [-0.05, 0) is 28.2 Å². The van der Waals surface area contributed by atoms with Crippen LogP contribution in [0.1, 0.15) is 0 Å². The molecule has 52 valence electrons. The summed E-state index contributed by atoms with van der Waals surface area (Å²) in [5.74, 6) is 2.40. The van der Waals surface area contributed by atoms with Gasteiger partial charge in [-0.25, -0.2) is 0 Å². The average molecular weight is 125 g/mol. The van der Waals surface area contributed by atoms with Crippen LogP contribution >= 0.6 is 0 Å². The molecule has 2 heteroatoms. The molecule has 0 fully saturated rings. The lowest BCUT2D eigenvalue weighted by Gasteiger charge is -2.28. The van der Waals surface area contributed by atoms with Crippen molar-refractivity contribution in [3.63, 3.8) is 0 Å². The van der Waals surface area contributed by atoms with Gasteiger partial charge in [-0.1, -0.05) is 0 Å². The molecule has 0 N–H and O–H groups in total. The first-order chi connectivity index (χ1) is 4.09. The van der Waals surface area contributed by atoms with Crippen LogP contribution in [0.15, 0.2) is 0 Å². The molecule has 0 aromatic heterocycles. The Morgan fingerprint density at radius 1 is 1.11 bits per heavy atom. The maximum atomic E-state index is 6.89. The maximum Gasteiger partial charge on any atom is 0.0859 e. The Hall–Kier alpha value is -0.520. The summed E-state index contributed by atoms with van der Waals surface area (Å²) in [6.45, 7) is 0. The zero-order valence-electron chi connectivity index (χ0n) is 6.47. The fourth-order valence-electron chi connectivity index (χ4n) is 0.720. The smallest absolute Gasteiger partial charge is 0.0859 e. The third kappa shape index (κ3) is 2.50. The number of hydrogen-bond acceptors (Lipinski definition) is 2. The van der Waals surface area contributed by atoms with E-state index >= 15 is 0 Å². The second-order valence-electron chi connectivity index (χ2n) is 2.45. The van der Waals surface area contributed by atoms with Crippen molar-refractivity contribution >= 4 is 0 Å². The summed E-state index contributed by atoms with van der Waals surface area (Å²) >= 11 is 0. The van der Waals surface area contributed by atoms with E-state index in [-0.39, 0.29) is 6.17 Å². The molecule has 0 saturated heterocycles. The Kier molecular flexibility index (Phi) is 3.29. The largest absolute Gasteiger partial charge is 0.691 e. The quantitative estimate of drug-likeness (QED) is 0.292. The molecule has 0 aromatic rings. The number of nitrogens with zero attached hydrogens (tertiary/aromatic N) is 2. The molecule has 0 atom stereocenters. The van der Waals surface area contributed by atoms with Crippen LogP contribution in [0.25, 0.3) is 0 Å². The van der Waals surface area contributed by atoms with Gasteiger partial charge in [-0.3, -0.25) is 9.80 Å². The predicted octanol–water partition coefficient (Wildman–Crippen LogP) is 0.0255. The van der Waals surface area contributed by atoms with Crippen LogP contribution < -0.4 is 0 Å². The average Bonchev–Trinajstić information content (AvgIpc) is 1.64. The Balaban J connectivity index is 3.87. The van der Waals surface area contributed by atoms with Gasteiger partial charge in [-0.15, -0.1) is 0 Å². The highest BCUT2D eigenvalue weighted by molar-refractivity contribution is 4.90. The highest BCUT2D eigenvalue weighted by Crippen LogP contribution is 1.92. The Morgan fingerprint density at radius 3 is 1.44 bits per heavy atom. The van der Waals surface area contributed by atoms with E-state index in [0.717, 1.165) is 0 Å². The molecule has 0 aromatic carbocycles. The van der Waals surface area contributed by atoms with E-state index in [4.69, 9.17) is 6.42 Å². The first-order valence-electron chi connectivity index (χ1n) is 2.84. The van der Waals surface area contributed by atoms with E-state index in [1.54, 1.807) is 0 Å². The minimum atomic E-state index is 0.00463. The first kappa shape index (κ1) is 8.48. The molecular weight excluding hydrogens is 112 g/mol. The van der Waals surface area contributed by atoms with Gasteiger partial charge < -0.3 is 12.3 Å². The SMILES string of the molecule is [C-]#CC(N(C)C)N(C)C. The highest BCUT2D eigenvalue weighted by Gasteiger charge is 2.03.